The molecule has 0 fully saturated rings. The number of aryl methyl sites for hydroxylation is 2. The van der Waals surface area contributed by atoms with E-state index < -0.39 is 0 Å². The molecule has 1 rings (SSSR count). The number of aromatic nitrogens is 1. The molecule has 0 aliphatic heterocycles. The number of nitrogens with two attached hydrogens (primary N) is 1. The van der Waals surface area contributed by atoms with Crippen molar-refractivity contribution in [3.05, 3.63) is 11.5 Å². The summed E-state index contributed by atoms with van der Waals surface area (Å²) in [6.45, 7) is 5.82. The molecule has 1 atom stereocenters. The van der Waals surface area contributed by atoms with Gasteiger partial charge in [-0.15, -0.1) is 0 Å². The van der Waals surface area contributed by atoms with E-state index in [0.29, 0.717) is 0 Å². The SMILES string of the molecule is Cc1nc(SC[C@@H](C)N)oc1C. The fraction of sp³-hybridized carbons (Fsp3) is 0.625. The highest BCUT2D eigenvalue weighted by atomic mass is 32.2. The molecule has 0 aromatic carbocycles. The molecule has 1 aromatic heterocycles. The van der Waals surface area contributed by atoms with Gasteiger partial charge >= 0.3 is 0 Å². The van der Waals surface area contributed by atoms with Crippen LogP contribution in [0.1, 0.15) is 18.4 Å². The molecule has 0 saturated carbocycles. The summed E-state index contributed by atoms with van der Waals surface area (Å²) in [6.07, 6.45) is 0. The van der Waals surface area contributed by atoms with Gasteiger partial charge < -0.3 is 10.2 Å². The van der Waals surface area contributed by atoms with E-state index >= 15 is 0 Å². The Morgan fingerprint density at radius 3 is 2.67 bits per heavy atom. The smallest absolute Gasteiger partial charge is 0.256 e. The van der Waals surface area contributed by atoms with Gasteiger partial charge in [-0.05, 0) is 20.8 Å². The lowest BCUT2D eigenvalue weighted by molar-refractivity contribution is 0.431. The molecular formula is C8H14N2OS. The van der Waals surface area contributed by atoms with Crippen LogP contribution >= 0.6 is 11.8 Å². The van der Waals surface area contributed by atoms with Crippen LogP contribution in [0.25, 0.3) is 0 Å². The number of oxazole rings is 1. The fourth-order valence-corrected chi connectivity index (χ4v) is 1.50. The molecule has 0 aliphatic carbocycles. The van der Waals surface area contributed by atoms with Crippen molar-refractivity contribution in [2.75, 3.05) is 5.75 Å². The summed E-state index contributed by atoms with van der Waals surface area (Å²) in [5.74, 6) is 1.74. The highest BCUT2D eigenvalue weighted by Gasteiger charge is 2.06. The quantitative estimate of drug-likeness (QED) is 0.730. The van der Waals surface area contributed by atoms with Crippen LogP contribution in [0.2, 0.25) is 0 Å². The monoisotopic (exact) mass is 186 g/mol. The van der Waals surface area contributed by atoms with E-state index in [1.807, 2.05) is 20.8 Å². The maximum absolute atomic E-state index is 5.59. The van der Waals surface area contributed by atoms with Gasteiger partial charge in [-0.25, -0.2) is 4.98 Å². The first-order chi connectivity index (χ1) is 5.59. The molecule has 0 saturated heterocycles. The molecule has 0 bridgehead atoms. The lowest BCUT2D eigenvalue weighted by Gasteiger charge is -1.99. The summed E-state index contributed by atoms with van der Waals surface area (Å²) in [4.78, 5) is 4.22. The molecule has 12 heavy (non-hydrogen) atoms. The van der Waals surface area contributed by atoms with Crippen molar-refractivity contribution >= 4 is 11.8 Å². The van der Waals surface area contributed by atoms with Crippen LogP contribution in [-0.2, 0) is 0 Å². The third-order valence-corrected chi connectivity index (χ3v) is 2.59. The van der Waals surface area contributed by atoms with Gasteiger partial charge in [0, 0.05) is 11.8 Å². The lowest BCUT2D eigenvalue weighted by atomic mass is 10.4. The largest absolute Gasteiger partial charge is 0.437 e. The minimum atomic E-state index is 0.183. The Hall–Kier alpha value is -0.480. The van der Waals surface area contributed by atoms with Gasteiger partial charge in [-0.2, -0.15) is 0 Å². The van der Waals surface area contributed by atoms with Crippen LogP contribution in [0.3, 0.4) is 0 Å². The second kappa shape index (κ2) is 3.96. The topological polar surface area (TPSA) is 52.0 Å². The fourth-order valence-electron chi connectivity index (χ4n) is 0.708. The Morgan fingerprint density at radius 2 is 2.25 bits per heavy atom. The first-order valence-corrected chi connectivity index (χ1v) is 4.90. The van der Waals surface area contributed by atoms with Crippen LogP contribution in [0, 0.1) is 13.8 Å². The molecule has 4 heteroatoms. The van der Waals surface area contributed by atoms with Gasteiger partial charge in [0.1, 0.15) is 5.76 Å². The Morgan fingerprint density at radius 1 is 1.58 bits per heavy atom. The highest BCUT2D eigenvalue weighted by Crippen LogP contribution is 2.20. The molecule has 68 valence electrons. The zero-order valence-electron chi connectivity index (χ0n) is 7.63. The Bertz CT molecular complexity index is 238. The minimum absolute atomic E-state index is 0.183. The minimum Gasteiger partial charge on any atom is -0.437 e. The summed E-state index contributed by atoms with van der Waals surface area (Å²) in [7, 11) is 0. The molecular weight excluding hydrogens is 172 g/mol. The average molecular weight is 186 g/mol. The number of thioether (sulfide) groups is 1. The van der Waals surface area contributed by atoms with Crippen molar-refractivity contribution in [3.63, 3.8) is 0 Å². The van der Waals surface area contributed by atoms with Gasteiger partial charge in [0.15, 0.2) is 0 Å². The van der Waals surface area contributed by atoms with Crippen LogP contribution in [0.4, 0.5) is 0 Å². The maximum atomic E-state index is 5.59. The van der Waals surface area contributed by atoms with Gasteiger partial charge in [0.2, 0.25) is 0 Å². The number of hydrogen-bond donors (Lipinski definition) is 1. The first-order valence-electron chi connectivity index (χ1n) is 3.92. The van der Waals surface area contributed by atoms with Crippen molar-refractivity contribution in [2.24, 2.45) is 5.73 Å². The summed E-state index contributed by atoms with van der Waals surface area (Å²) in [5, 5.41) is 0.724. The van der Waals surface area contributed by atoms with Gasteiger partial charge in [-0.1, -0.05) is 11.8 Å². The Kier molecular flexibility index (Phi) is 3.17. The molecule has 3 nitrogen and oxygen atoms in total. The highest BCUT2D eigenvalue weighted by molar-refractivity contribution is 7.99. The standard InChI is InChI=1S/C8H14N2OS/c1-5(9)4-12-8-10-6(2)7(3)11-8/h5H,4,9H2,1-3H3/t5-/m1/s1. The second-order valence-electron chi connectivity index (χ2n) is 2.91. The van der Waals surface area contributed by atoms with Crippen molar-refractivity contribution in [1.82, 2.24) is 4.98 Å². The Labute approximate surface area is 76.7 Å². The van der Waals surface area contributed by atoms with E-state index in [9.17, 15) is 0 Å². The van der Waals surface area contributed by atoms with E-state index in [1.165, 1.54) is 0 Å². The van der Waals surface area contributed by atoms with Gasteiger partial charge in [0.25, 0.3) is 5.22 Å². The molecule has 0 aliphatic rings. The zero-order chi connectivity index (χ0) is 9.14. The first kappa shape index (κ1) is 9.61. The molecule has 1 aromatic rings. The average Bonchev–Trinajstić information content (AvgIpc) is 2.28. The van der Waals surface area contributed by atoms with E-state index in [-0.39, 0.29) is 6.04 Å². The predicted molar refractivity (Wildman–Crippen MR) is 50.4 cm³/mol. The van der Waals surface area contributed by atoms with Crippen molar-refractivity contribution in [1.29, 1.82) is 0 Å². The van der Waals surface area contributed by atoms with Crippen LogP contribution in [-0.4, -0.2) is 16.8 Å². The molecule has 2 N–H and O–H groups in total. The third kappa shape index (κ3) is 2.53. The van der Waals surface area contributed by atoms with Crippen molar-refractivity contribution < 1.29 is 4.42 Å². The molecule has 0 amide bonds. The third-order valence-electron chi connectivity index (χ3n) is 1.48. The normalized spacial score (nSPS) is 13.3. The van der Waals surface area contributed by atoms with Crippen LogP contribution in [0.5, 0.6) is 0 Å². The summed E-state index contributed by atoms with van der Waals surface area (Å²) < 4.78 is 5.36. The van der Waals surface area contributed by atoms with E-state index in [1.54, 1.807) is 11.8 Å². The molecule has 0 unspecified atom stereocenters. The summed E-state index contributed by atoms with van der Waals surface area (Å²) in [5.41, 5.74) is 6.56. The van der Waals surface area contributed by atoms with Crippen molar-refractivity contribution in [2.45, 2.75) is 32.0 Å². The van der Waals surface area contributed by atoms with Crippen LogP contribution < -0.4 is 5.73 Å². The number of rotatable bonds is 3. The second-order valence-corrected chi connectivity index (χ2v) is 3.88. The Balaban J connectivity index is 2.53. The van der Waals surface area contributed by atoms with E-state index in [2.05, 4.69) is 4.98 Å². The molecule has 0 spiro atoms. The number of nitrogens with zero attached hydrogens (tertiary/aromatic N) is 1. The van der Waals surface area contributed by atoms with Gasteiger partial charge in [-0.3, -0.25) is 0 Å². The van der Waals surface area contributed by atoms with Gasteiger partial charge in [0.05, 0.1) is 5.69 Å². The lowest BCUT2D eigenvalue weighted by Crippen LogP contribution is -2.17. The molecule has 0 radical (unpaired) electrons. The summed E-state index contributed by atoms with van der Waals surface area (Å²) in [6, 6.07) is 0.183. The summed E-state index contributed by atoms with van der Waals surface area (Å²) >= 11 is 1.56. The van der Waals surface area contributed by atoms with Crippen LogP contribution in [0.15, 0.2) is 9.64 Å². The molecule has 1 heterocycles. The number of hydrogen-bond acceptors (Lipinski definition) is 4. The van der Waals surface area contributed by atoms with E-state index in [0.717, 1.165) is 22.4 Å². The van der Waals surface area contributed by atoms with E-state index in [4.69, 9.17) is 10.2 Å². The van der Waals surface area contributed by atoms with Crippen molar-refractivity contribution in [3.8, 4) is 0 Å². The zero-order valence-corrected chi connectivity index (χ0v) is 8.44. The predicted octanol–water partition coefficient (Wildman–Crippen LogP) is 1.73. The maximum Gasteiger partial charge on any atom is 0.256 e.